The zero-order valence-corrected chi connectivity index (χ0v) is 12.6. The lowest BCUT2D eigenvalue weighted by molar-refractivity contribution is 0.138. The number of pyridine rings is 1. The molecule has 0 N–H and O–H groups in total. The van der Waals surface area contributed by atoms with Crippen molar-refractivity contribution >= 4 is 29.0 Å². The highest BCUT2D eigenvalue weighted by atomic mass is 35.5. The van der Waals surface area contributed by atoms with Crippen molar-refractivity contribution in [2.24, 2.45) is 0 Å². The van der Waals surface area contributed by atoms with Crippen LogP contribution in [0.25, 0.3) is 0 Å². The minimum atomic E-state index is 0.153. The summed E-state index contributed by atoms with van der Waals surface area (Å²) in [7, 11) is 2.16. The molecule has 1 aliphatic heterocycles. The number of alkyl halides is 1. The maximum atomic E-state index is 6.04. The van der Waals surface area contributed by atoms with E-state index in [1.807, 2.05) is 12.1 Å². The number of piperazine rings is 1. The fourth-order valence-electron chi connectivity index (χ4n) is 2.18. The topological polar surface area (TPSA) is 19.4 Å². The van der Waals surface area contributed by atoms with Gasteiger partial charge in [-0.3, -0.25) is 4.90 Å². The Hall–Kier alpha value is -0.510. The zero-order valence-electron chi connectivity index (χ0n) is 11.1. The molecule has 2 heterocycles. The van der Waals surface area contributed by atoms with E-state index in [9.17, 15) is 0 Å². The number of anilines is 1. The molecule has 1 aromatic heterocycles. The second-order valence-corrected chi connectivity index (χ2v) is 6.06. The Balaban J connectivity index is 2.22. The number of halogens is 2. The molecular formula is C13H19Cl2N3. The van der Waals surface area contributed by atoms with Crippen LogP contribution in [0.4, 0.5) is 5.82 Å². The molecule has 0 aromatic carbocycles. The molecule has 1 aliphatic rings. The Morgan fingerprint density at radius 3 is 2.67 bits per heavy atom. The summed E-state index contributed by atoms with van der Waals surface area (Å²) in [4.78, 5) is 9.22. The van der Waals surface area contributed by atoms with E-state index >= 15 is 0 Å². The summed E-state index contributed by atoms with van der Waals surface area (Å²) < 4.78 is 0. The maximum Gasteiger partial charge on any atom is 0.129 e. The van der Waals surface area contributed by atoms with Gasteiger partial charge >= 0.3 is 0 Å². The van der Waals surface area contributed by atoms with Gasteiger partial charge in [0.1, 0.15) is 5.82 Å². The fraction of sp³-hybridized carbons (Fsp3) is 0.615. The van der Waals surface area contributed by atoms with E-state index in [-0.39, 0.29) is 5.54 Å². The van der Waals surface area contributed by atoms with Crippen LogP contribution in [0.1, 0.15) is 19.5 Å². The molecular weight excluding hydrogens is 269 g/mol. The summed E-state index contributed by atoms with van der Waals surface area (Å²) in [6, 6.07) is 3.85. The normalized spacial score (nSPS) is 20.2. The predicted octanol–water partition coefficient (Wildman–Crippen LogP) is 3.00. The number of hydrogen-bond acceptors (Lipinski definition) is 3. The van der Waals surface area contributed by atoms with E-state index < -0.39 is 0 Å². The molecule has 0 amide bonds. The van der Waals surface area contributed by atoms with Crippen LogP contribution in [0.5, 0.6) is 0 Å². The highest BCUT2D eigenvalue weighted by Gasteiger charge is 2.31. The van der Waals surface area contributed by atoms with Gasteiger partial charge in [-0.05, 0) is 33.0 Å². The first-order chi connectivity index (χ1) is 8.44. The number of hydrogen-bond donors (Lipinski definition) is 0. The Labute approximate surface area is 119 Å². The Morgan fingerprint density at radius 1 is 1.33 bits per heavy atom. The van der Waals surface area contributed by atoms with E-state index in [2.05, 4.69) is 35.7 Å². The third-order valence-electron chi connectivity index (χ3n) is 3.67. The Bertz CT molecular complexity index is 434. The predicted molar refractivity (Wildman–Crippen MR) is 77.7 cm³/mol. The third-order valence-corrected chi connectivity index (χ3v) is 4.27. The molecule has 100 valence electrons. The SMILES string of the molecule is CN1CCN(c2ccc(Cl)c(CCl)n2)CC1(C)C. The van der Waals surface area contributed by atoms with Crippen LogP contribution >= 0.6 is 23.2 Å². The van der Waals surface area contributed by atoms with Gasteiger partial charge < -0.3 is 4.90 Å². The highest BCUT2D eigenvalue weighted by molar-refractivity contribution is 6.32. The van der Waals surface area contributed by atoms with Crippen LogP contribution in [0.15, 0.2) is 12.1 Å². The van der Waals surface area contributed by atoms with Gasteiger partial charge in [-0.1, -0.05) is 11.6 Å². The van der Waals surface area contributed by atoms with Gasteiger partial charge in [-0.25, -0.2) is 4.98 Å². The highest BCUT2D eigenvalue weighted by Crippen LogP contribution is 2.25. The quantitative estimate of drug-likeness (QED) is 0.780. The monoisotopic (exact) mass is 287 g/mol. The van der Waals surface area contributed by atoms with Gasteiger partial charge in [0.2, 0.25) is 0 Å². The van der Waals surface area contributed by atoms with Gasteiger partial charge in [0, 0.05) is 25.2 Å². The van der Waals surface area contributed by atoms with E-state index in [0.29, 0.717) is 10.9 Å². The molecule has 0 spiro atoms. The molecule has 0 bridgehead atoms. The van der Waals surface area contributed by atoms with E-state index in [4.69, 9.17) is 23.2 Å². The summed E-state index contributed by atoms with van der Waals surface area (Å²) >= 11 is 11.9. The zero-order chi connectivity index (χ0) is 13.3. The summed E-state index contributed by atoms with van der Waals surface area (Å²) in [5.41, 5.74) is 0.910. The summed E-state index contributed by atoms with van der Waals surface area (Å²) in [5, 5.41) is 0.641. The van der Waals surface area contributed by atoms with Crippen molar-refractivity contribution in [3.05, 3.63) is 22.8 Å². The number of rotatable bonds is 2. The van der Waals surface area contributed by atoms with Crippen molar-refractivity contribution in [3.8, 4) is 0 Å². The van der Waals surface area contributed by atoms with Gasteiger partial charge in [-0.15, -0.1) is 11.6 Å². The minimum Gasteiger partial charge on any atom is -0.353 e. The third kappa shape index (κ3) is 2.73. The molecule has 1 saturated heterocycles. The molecule has 0 aliphatic carbocycles. The van der Waals surface area contributed by atoms with Crippen LogP contribution in [-0.4, -0.2) is 42.1 Å². The molecule has 0 unspecified atom stereocenters. The van der Waals surface area contributed by atoms with Gasteiger partial charge in [0.05, 0.1) is 16.6 Å². The second-order valence-electron chi connectivity index (χ2n) is 5.39. The minimum absolute atomic E-state index is 0.153. The summed E-state index contributed by atoms with van der Waals surface area (Å²) in [6.45, 7) is 7.47. The molecule has 2 rings (SSSR count). The first-order valence-corrected chi connectivity index (χ1v) is 7.03. The standard InChI is InChI=1S/C13H19Cl2N3/c1-13(2)9-18(7-6-17(13)3)12-5-4-10(15)11(8-14)16-12/h4-5H,6-9H2,1-3H3. The second kappa shape index (κ2) is 5.24. The van der Waals surface area contributed by atoms with Crippen molar-refractivity contribution in [1.82, 2.24) is 9.88 Å². The van der Waals surface area contributed by atoms with Crippen LogP contribution in [0, 0.1) is 0 Å². The molecule has 1 aromatic rings. The van der Waals surface area contributed by atoms with Crippen molar-refractivity contribution in [1.29, 1.82) is 0 Å². The molecule has 1 fully saturated rings. The number of aromatic nitrogens is 1. The molecule has 5 heteroatoms. The Morgan fingerprint density at radius 2 is 2.06 bits per heavy atom. The van der Waals surface area contributed by atoms with Gasteiger partial charge in [0.25, 0.3) is 0 Å². The van der Waals surface area contributed by atoms with Crippen molar-refractivity contribution in [3.63, 3.8) is 0 Å². The van der Waals surface area contributed by atoms with E-state index in [1.165, 1.54) is 0 Å². The van der Waals surface area contributed by atoms with Gasteiger partial charge in [0.15, 0.2) is 0 Å². The van der Waals surface area contributed by atoms with E-state index in [1.54, 1.807) is 0 Å². The average molecular weight is 288 g/mol. The molecule has 0 atom stereocenters. The van der Waals surface area contributed by atoms with Gasteiger partial charge in [-0.2, -0.15) is 0 Å². The van der Waals surface area contributed by atoms with Crippen LogP contribution < -0.4 is 4.90 Å². The summed E-state index contributed by atoms with van der Waals surface area (Å²) in [5.74, 6) is 1.32. The lowest BCUT2D eigenvalue weighted by Crippen LogP contribution is -2.57. The Kier molecular flexibility index (Phi) is 4.05. The van der Waals surface area contributed by atoms with Crippen molar-refractivity contribution < 1.29 is 0 Å². The molecule has 0 saturated carbocycles. The molecule has 18 heavy (non-hydrogen) atoms. The lowest BCUT2D eigenvalue weighted by atomic mass is 10.00. The van der Waals surface area contributed by atoms with Crippen LogP contribution in [0.2, 0.25) is 5.02 Å². The van der Waals surface area contributed by atoms with Crippen LogP contribution in [0.3, 0.4) is 0 Å². The van der Waals surface area contributed by atoms with E-state index in [0.717, 1.165) is 31.1 Å². The maximum absolute atomic E-state index is 6.04. The van der Waals surface area contributed by atoms with Crippen LogP contribution in [-0.2, 0) is 5.88 Å². The largest absolute Gasteiger partial charge is 0.353 e. The molecule has 3 nitrogen and oxygen atoms in total. The summed E-state index contributed by atoms with van der Waals surface area (Å²) in [6.07, 6.45) is 0. The number of likely N-dealkylation sites (N-methyl/N-ethyl adjacent to an activating group) is 1. The lowest BCUT2D eigenvalue weighted by Gasteiger charge is -2.45. The fourth-order valence-corrected chi connectivity index (χ4v) is 2.62. The average Bonchev–Trinajstić information content (AvgIpc) is 2.33. The van der Waals surface area contributed by atoms with Crippen molar-refractivity contribution in [2.75, 3.05) is 31.6 Å². The van der Waals surface area contributed by atoms with Crippen molar-refractivity contribution in [2.45, 2.75) is 25.3 Å². The first-order valence-electron chi connectivity index (χ1n) is 6.11. The molecule has 0 radical (unpaired) electrons. The first kappa shape index (κ1) is 13.9. The number of nitrogens with zero attached hydrogens (tertiary/aromatic N) is 3. The smallest absolute Gasteiger partial charge is 0.129 e.